The van der Waals surface area contributed by atoms with Crippen LogP contribution in [-0.4, -0.2) is 36.7 Å². The molecule has 1 heterocycles. The van der Waals surface area contributed by atoms with Crippen LogP contribution in [0.2, 0.25) is 0 Å². The standard InChI is InChI=1S/C24H26N2O5/c1-3-16-7-5-6-8-20(16)26-14-18(13-23(26)29)24(30)31-15-21(27)17-9-11-19(12-10-17)25-22(28)4-2/h5-12,18H,3-4,13-15H2,1-2H3,(H,25,28)/t18-/m0/s1. The van der Waals surface area contributed by atoms with E-state index in [-0.39, 0.29) is 30.6 Å². The highest BCUT2D eigenvalue weighted by Gasteiger charge is 2.37. The van der Waals surface area contributed by atoms with Crippen LogP contribution in [-0.2, 0) is 25.5 Å². The van der Waals surface area contributed by atoms with Crippen LogP contribution in [0.15, 0.2) is 48.5 Å². The number of hydrogen-bond donors (Lipinski definition) is 1. The minimum absolute atomic E-state index is 0.0664. The fourth-order valence-electron chi connectivity index (χ4n) is 3.50. The van der Waals surface area contributed by atoms with E-state index in [1.165, 1.54) is 0 Å². The Morgan fingerprint density at radius 1 is 1.06 bits per heavy atom. The molecule has 0 unspecified atom stereocenters. The molecule has 3 rings (SSSR count). The van der Waals surface area contributed by atoms with E-state index in [1.54, 1.807) is 36.1 Å². The van der Waals surface area contributed by atoms with Gasteiger partial charge >= 0.3 is 5.97 Å². The van der Waals surface area contributed by atoms with Crippen molar-refractivity contribution in [1.29, 1.82) is 0 Å². The summed E-state index contributed by atoms with van der Waals surface area (Å²) >= 11 is 0. The first-order valence-electron chi connectivity index (χ1n) is 10.4. The molecule has 0 spiro atoms. The van der Waals surface area contributed by atoms with Crippen LogP contribution in [0.4, 0.5) is 11.4 Å². The lowest BCUT2D eigenvalue weighted by molar-refractivity contribution is -0.147. The van der Waals surface area contributed by atoms with Crippen molar-refractivity contribution in [3.8, 4) is 0 Å². The average molecular weight is 422 g/mol. The summed E-state index contributed by atoms with van der Waals surface area (Å²) < 4.78 is 5.21. The van der Waals surface area contributed by atoms with Gasteiger partial charge in [-0.3, -0.25) is 19.2 Å². The molecule has 7 nitrogen and oxygen atoms in total. The molecule has 0 saturated carbocycles. The van der Waals surface area contributed by atoms with Crippen LogP contribution < -0.4 is 10.2 Å². The van der Waals surface area contributed by atoms with Crippen molar-refractivity contribution >= 4 is 34.9 Å². The highest BCUT2D eigenvalue weighted by molar-refractivity contribution is 6.01. The number of nitrogens with zero attached hydrogens (tertiary/aromatic N) is 1. The predicted molar refractivity (Wildman–Crippen MR) is 117 cm³/mol. The van der Waals surface area contributed by atoms with Crippen molar-refractivity contribution in [3.63, 3.8) is 0 Å². The van der Waals surface area contributed by atoms with Crippen LogP contribution in [0.1, 0.15) is 42.6 Å². The second-order valence-electron chi connectivity index (χ2n) is 7.40. The van der Waals surface area contributed by atoms with Gasteiger partial charge in [-0.25, -0.2) is 0 Å². The van der Waals surface area contributed by atoms with E-state index in [4.69, 9.17) is 4.74 Å². The van der Waals surface area contributed by atoms with Crippen molar-refractivity contribution < 1.29 is 23.9 Å². The van der Waals surface area contributed by atoms with Gasteiger partial charge in [-0.1, -0.05) is 32.0 Å². The molecule has 0 bridgehead atoms. The van der Waals surface area contributed by atoms with Crippen LogP contribution in [0.5, 0.6) is 0 Å². The minimum Gasteiger partial charge on any atom is -0.457 e. The van der Waals surface area contributed by atoms with Gasteiger partial charge in [0.15, 0.2) is 12.4 Å². The summed E-state index contributed by atoms with van der Waals surface area (Å²) in [5, 5.41) is 2.70. The number of carbonyl (C=O) groups is 4. The number of carbonyl (C=O) groups excluding carboxylic acids is 4. The van der Waals surface area contributed by atoms with Gasteiger partial charge in [0.25, 0.3) is 0 Å². The number of hydrogen-bond acceptors (Lipinski definition) is 5. The number of Topliss-reactive ketones (excluding diaryl/α,β-unsaturated/α-hetero) is 1. The normalized spacial score (nSPS) is 15.6. The second-order valence-corrected chi connectivity index (χ2v) is 7.40. The van der Waals surface area contributed by atoms with Crippen molar-refractivity contribution in [2.45, 2.75) is 33.1 Å². The zero-order valence-electron chi connectivity index (χ0n) is 17.7. The van der Waals surface area contributed by atoms with Crippen LogP contribution >= 0.6 is 0 Å². The highest BCUT2D eigenvalue weighted by Crippen LogP contribution is 2.29. The highest BCUT2D eigenvalue weighted by atomic mass is 16.5. The topological polar surface area (TPSA) is 92.8 Å². The van der Waals surface area contributed by atoms with Crippen LogP contribution in [0.3, 0.4) is 0 Å². The molecule has 0 radical (unpaired) electrons. The van der Waals surface area contributed by atoms with Crippen LogP contribution in [0.25, 0.3) is 0 Å². The maximum absolute atomic E-state index is 12.5. The number of aryl methyl sites for hydroxylation is 1. The fraction of sp³-hybridized carbons (Fsp3) is 0.333. The number of benzene rings is 2. The van der Waals surface area contributed by atoms with Gasteiger partial charge in [-0.2, -0.15) is 0 Å². The van der Waals surface area contributed by atoms with Crippen molar-refractivity contribution in [2.75, 3.05) is 23.4 Å². The molecule has 1 saturated heterocycles. The Balaban J connectivity index is 1.55. The number of esters is 1. The second kappa shape index (κ2) is 10.0. The molecular weight excluding hydrogens is 396 g/mol. The monoisotopic (exact) mass is 422 g/mol. The molecule has 31 heavy (non-hydrogen) atoms. The Morgan fingerprint density at radius 3 is 2.45 bits per heavy atom. The Hall–Kier alpha value is -3.48. The van der Waals surface area contributed by atoms with Crippen molar-refractivity contribution in [1.82, 2.24) is 0 Å². The first kappa shape index (κ1) is 22.2. The molecule has 1 fully saturated rings. The molecule has 0 aliphatic carbocycles. The van der Waals surface area contributed by atoms with E-state index in [1.807, 2.05) is 31.2 Å². The van der Waals surface area contributed by atoms with E-state index >= 15 is 0 Å². The molecule has 7 heteroatoms. The minimum atomic E-state index is -0.600. The lowest BCUT2D eigenvalue weighted by Crippen LogP contribution is -2.28. The van der Waals surface area contributed by atoms with E-state index < -0.39 is 18.5 Å². The van der Waals surface area contributed by atoms with Crippen molar-refractivity contribution in [2.24, 2.45) is 5.92 Å². The summed E-state index contributed by atoms with van der Waals surface area (Å²) in [5.74, 6) is -1.74. The molecule has 2 aromatic rings. The lowest BCUT2D eigenvalue weighted by Gasteiger charge is -2.19. The number of ketones is 1. The molecule has 1 aliphatic heterocycles. The third-order valence-electron chi connectivity index (χ3n) is 5.28. The number of ether oxygens (including phenoxy) is 1. The molecule has 2 aromatic carbocycles. The van der Waals surface area contributed by atoms with E-state index in [9.17, 15) is 19.2 Å². The first-order valence-corrected chi connectivity index (χ1v) is 10.4. The SMILES string of the molecule is CCC(=O)Nc1ccc(C(=O)COC(=O)[C@H]2CC(=O)N(c3ccccc3CC)C2)cc1. The molecule has 2 amide bonds. The van der Waals surface area contributed by atoms with E-state index in [2.05, 4.69) is 5.32 Å². The largest absolute Gasteiger partial charge is 0.457 e. The van der Waals surface area contributed by atoms with Gasteiger partial charge < -0.3 is 15.0 Å². The predicted octanol–water partition coefficient (Wildman–Crippen LogP) is 3.38. The molecule has 0 aromatic heterocycles. The maximum Gasteiger partial charge on any atom is 0.311 e. The quantitative estimate of drug-likeness (QED) is 0.520. The summed E-state index contributed by atoms with van der Waals surface area (Å²) in [5.41, 5.74) is 2.83. The molecule has 1 aliphatic rings. The Morgan fingerprint density at radius 2 is 1.77 bits per heavy atom. The zero-order chi connectivity index (χ0) is 22.4. The number of amides is 2. The summed E-state index contributed by atoms with van der Waals surface area (Å²) in [7, 11) is 0. The molecular formula is C24H26N2O5. The Kier molecular flexibility index (Phi) is 7.18. The molecule has 1 atom stereocenters. The Bertz CT molecular complexity index is 984. The summed E-state index contributed by atoms with van der Waals surface area (Å²) in [6.45, 7) is 3.62. The maximum atomic E-state index is 12.5. The van der Waals surface area contributed by atoms with E-state index in [0.29, 0.717) is 17.7 Å². The number of nitrogens with one attached hydrogen (secondary N) is 1. The third-order valence-corrected chi connectivity index (χ3v) is 5.28. The van der Waals surface area contributed by atoms with Gasteiger partial charge in [-0.05, 0) is 42.3 Å². The fourth-order valence-corrected chi connectivity index (χ4v) is 3.50. The van der Waals surface area contributed by atoms with Gasteiger partial charge in [0.05, 0.1) is 5.92 Å². The zero-order valence-corrected chi connectivity index (χ0v) is 17.7. The molecule has 162 valence electrons. The lowest BCUT2D eigenvalue weighted by atomic mass is 10.1. The molecule has 1 N–H and O–H groups in total. The number of rotatable bonds is 8. The van der Waals surface area contributed by atoms with Crippen LogP contribution in [0, 0.1) is 5.92 Å². The van der Waals surface area contributed by atoms with Gasteiger partial charge in [0, 0.05) is 36.3 Å². The number of anilines is 2. The van der Waals surface area contributed by atoms with Gasteiger partial charge in [0.2, 0.25) is 11.8 Å². The first-order chi connectivity index (χ1) is 14.9. The summed E-state index contributed by atoms with van der Waals surface area (Å²) in [4.78, 5) is 50.3. The van der Waals surface area contributed by atoms with Crippen molar-refractivity contribution in [3.05, 3.63) is 59.7 Å². The summed E-state index contributed by atoms with van der Waals surface area (Å²) in [6, 6.07) is 14.0. The summed E-state index contributed by atoms with van der Waals surface area (Å²) in [6.07, 6.45) is 1.21. The van der Waals surface area contributed by atoms with Gasteiger partial charge in [0.1, 0.15) is 0 Å². The third kappa shape index (κ3) is 5.36. The van der Waals surface area contributed by atoms with E-state index in [0.717, 1.165) is 17.7 Å². The van der Waals surface area contributed by atoms with Gasteiger partial charge in [-0.15, -0.1) is 0 Å². The number of para-hydroxylation sites is 1. The Labute approximate surface area is 181 Å². The average Bonchev–Trinajstić information content (AvgIpc) is 3.19. The smallest absolute Gasteiger partial charge is 0.311 e.